The summed E-state index contributed by atoms with van der Waals surface area (Å²) in [4.78, 5) is 26.7. The molecule has 3 rings (SSSR count). The molecular formula is C18H19BrN2O3. The predicted octanol–water partition coefficient (Wildman–Crippen LogP) is 4.17. The molecule has 0 saturated carbocycles. The van der Waals surface area contributed by atoms with Crippen molar-refractivity contribution in [2.24, 2.45) is 5.92 Å². The van der Waals surface area contributed by atoms with Crippen molar-refractivity contribution in [3.63, 3.8) is 0 Å². The smallest absolute Gasteiger partial charge is 0.291 e. The van der Waals surface area contributed by atoms with Gasteiger partial charge in [0.2, 0.25) is 0 Å². The molecule has 1 aliphatic heterocycles. The van der Waals surface area contributed by atoms with E-state index in [1.807, 2.05) is 4.90 Å². The van der Waals surface area contributed by atoms with Crippen molar-refractivity contribution in [1.82, 2.24) is 4.90 Å². The fourth-order valence-electron chi connectivity index (χ4n) is 2.92. The van der Waals surface area contributed by atoms with Crippen LogP contribution in [0.3, 0.4) is 0 Å². The Morgan fingerprint density at radius 1 is 1.29 bits per heavy atom. The second-order valence-corrected chi connectivity index (χ2v) is 6.92. The SMILES string of the molecule is CC1CCCN(C(=O)c2cccc(NC(=O)c3ccc(Br)o3)c2)C1. The zero-order valence-electron chi connectivity index (χ0n) is 13.4. The number of halogens is 1. The van der Waals surface area contributed by atoms with E-state index >= 15 is 0 Å². The lowest BCUT2D eigenvalue weighted by atomic mass is 9.99. The van der Waals surface area contributed by atoms with Gasteiger partial charge in [-0.05, 0) is 65.0 Å². The summed E-state index contributed by atoms with van der Waals surface area (Å²) >= 11 is 3.17. The minimum Gasteiger partial charge on any atom is -0.444 e. The van der Waals surface area contributed by atoms with Crippen molar-refractivity contribution in [2.45, 2.75) is 19.8 Å². The Balaban J connectivity index is 1.71. The molecule has 1 aromatic carbocycles. The van der Waals surface area contributed by atoms with Gasteiger partial charge in [0.15, 0.2) is 10.4 Å². The summed E-state index contributed by atoms with van der Waals surface area (Å²) in [6.45, 7) is 3.74. The normalized spacial score (nSPS) is 17.6. The molecule has 1 fully saturated rings. The lowest BCUT2D eigenvalue weighted by Gasteiger charge is -2.31. The first kappa shape index (κ1) is 16.8. The molecule has 1 atom stereocenters. The first-order chi connectivity index (χ1) is 11.5. The Kier molecular flexibility index (Phi) is 5.04. The topological polar surface area (TPSA) is 62.6 Å². The number of anilines is 1. The van der Waals surface area contributed by atoms with Crippen LogP contribution in [0.25, 0.3) is 0 Å². The zero-order chi connectivity index (χ0) is 17.1. The van der Waals surface area contributed by atoms with Crippen LogP contribution in [0.1, 0.15) is 40.7 Å². The molecule has 0 radical (unpaired) electrons. The Hall–Kier alpha value is -2.08. The quantitative estimate of drug-likeness (QED) is 0.855. The molecule has 0 spiro atoms. The van der Waals surface area contributed by atoms with Gasteiger partial charge in [0.25, 0.3) is 11.8 Å². The number of hydrogen-bond donors (Lipinski definition) is 1. The van der Waals surface area contributed by atoms with Crippen LogP contribution in [-0.2, 0) is 0 Å². The van der Waals surface area contributed by atoms with Crippen molar-refractivity contribution in [2.75, 3.05) is 18.4 Å². The molecule has 0 bridgehead atoms. The summed E-state index contributed by atoms with van der Waals surface area (Å²) in [7, 11) is 0. The maximum Gasteiger partial charge on any atom is 0.291 e. The van der Waals surface area contributed by atoms with Crippen LogP contribution in [0.2, 0.25) is 0 Å². The molecule has 1 aliphatic rings. The van der Waals surface area contributed by atoms with E-state index in [1.54, 1.807) is 36.4 Å². The Morgan fingerprint density at radius 3 is 2.83 bits per heavy atom. The second-order valence-electron chi connectivity index (χ2n) is 6.14. The first-order valence-electron chi connectivity index (χ1n) is 7.99. The van der Waals surface area contributed by atoms with E-state index in [0.717, 1.165) is 19.5 Å². The third-order valence-electron chi connectivity index (χ3n) is 4.11. The van der Waals surface area contributed by atoms with Crippen molar-refractivity contribution >= 4 is 33.4 Å². The average molecular weight is 391 g/mol. The summed E-state index contributed by atoms with van der Waals surface area (Å²) in [5.41, 5.74) is 1.16. The molecule has 126 valence electrons. The van der Waals surface area contributed by atoms with E-state index in [0.29, 0.717) is 21.8 Å². The van der Waals surface area contributed by atoms with E-state index in [9.17, 15) is 9.59 Å². The van der Waals surface area contributed by atoms with Crippen LogP contribution in [-0.4, -0.2) is 29.8 Å². The molecule has 24 heavy (non-hydrogen) atoms. The van der Waals surface area contributed by atoms with Crippen LogP contribution < -0.4 is 5.32 Å². The Labute approximate surface area is 149 Å². The zero-order valence-corrected chi connectivity index (χ0v) is 15.0. The van der Waals surface area contributed by atoms with Crippen LogP contribution in [0.4, 0.5) is 5.69 Å². The third kappa shape index (κ3) is 3.87. The van der Waals surface area contributed by atoms with Gasteiger partial charge in [0.05, 0.1) is 0 Å². The van der Waals surface area contributed by atoms with Gasteiger partial charge >= 0.3 is 0 Å². The van der Waals surface area contributed by atoms with Gasteiger partial charge in [-0.15, -0.1) is 0 Å². The maximum absolute atomic E-state index is 12.6. The van der Waals surface area contributed by atoms with Crippen LogP contribution in [0, 0.1) is 5.92 Å². The fourth-order valence-corrected chi connectivity index (χ4v) is 3.22. The fraction of sp³-hybridized carbons (Fsp3) is 0.333. The lowest BCUT2D eigenvalue weighted by Crippen LogP contribution is -2.39. The van der Waals surface area contributed by atoms with Gasteiger partial charge in [-0.2, -0.15) is 0 Å². The molecule has 5 nitrogen and oxygen atoms in total. The Bertz CT molecular complexity index is 756. The Morgan fingerprint density at radius 2 is 2.12 bits per heavy atom. The number of nitrogens with zero attached hydrogens (tertiary/aromatic N) is 1. The summed E-state index contributed by atoms with van der Waals surface area (Å²) < 4.78 is 5.73. The van der Waals surface area contributed by atoms with Crippen LogP contribution in [0.15, 0.2) is 45.5 Å². The molecular weight excluding hydrogens is 372 g/mol. The highest BCUT2D eigenvalue weighted by molar-refractivity contribution is 9.10. The average Bonchev–Trinajstić information content (AvgIpc) is 3.01. The van der Waals surface area contributed by atoms with Crippen molar-refractivity contribution in [3.05, 3.63) is 52.4 Å². The number of piperidine rings is 1. The molecule has 6 heteroatoms. The van der Waals surface area contributed by atoms with Gasteiger partial charge in [-0.3, -0.25) is 9.59 Å². The molecule has 2 amide bonds. The largest absolute Gasteiger partial charge is 0.444 e. The summed E-state index contributed by atoms with van der Waals surface area (Å²) in [6, 6.07) is 10.3. The number of nitrogens with one attached hydrogen (secondary N) is 1. The minimum absolute atomic E-state index is 0.0124. The van der Waals surface area contributed by atoms with Gasteiger partial charge < -0.3 is 14.6 Å². The number of hydrogen-bond acceptors (Lipinski definition) is 3. The molecule has 0 aliphatic carbocycles. The van der Waals surface area contributed by atoms with Gasteiger partial charge in [0.1, 0.15) is 0 Å². The standard InChI is InChI=1S/C18H19BrN2O3/c1-12-4-3-9-21(11-12)18(23)13-5-2-6-14(10-13)20-17(22)15-7-8-16(19)24-15/h2,5-8,10,12H,3-4,9,11H2,1H3,(H,20,22). The highest BCUT2D eigenvalue weighted by Gasteiger charge is 2.22. The van der Waals surface area contributed by atoms with E-state index in [1.165, 1.54) is 6.42 Å². The van der Waals surface area contributed by atoms with Crippen molar-refractivity contribution < 1.29 is 14.0 Å². The monoisotopic (exact) mass is 390 g/mol. The number of likely N-dealkylation sites (tertiary alicyclic amines) is 1. The van der Waals surface area contributed by atoms with Gasteiger partial charge in [-0.1, -0.05) is 13.0 Å². The molecule has 1 unspecified atom stereocenters. The molecule has 2 aromatic rings. The number of amides is 2. The third-order valence-corrected chi connectivity index (χ3v) is 4.53. The van der Waals surface area contributed by atoms with E-state index in [4.69, 9.17) is 4.42 Å². The molecule has 1 aromatic heterocycles. The molecule has 1 saturated heterocycles. The van der Waals surface area contributed by atoms with Crippen LogP contribution >= 0.6 is 15.9 Å². The number of rotatable bonds is 3. The minimum atomic E-state index is -0.350. The lowest BCUT2D eigenvalue weighted by molar-refractivity contribution is 0.0683. The van der Waals surface area contributed by atoms with Crippen molar-refractivity contribution in [1.29, 1.82) is 0 Å². The number of furan rings is 1. The number of benzene rings is 1. The summed E-state index contributed by atoms with van der Waals surface area (Å²) in [5, 5.41) is 2.75. The van der Waals surface area contributed by atoms with E-state index < -0.39 is 0 Å². The maximum atomic E-state index is 12.6. The van der Waals surface area contributed by atoms with E-state index in [2.05, 4.69) is 28.2 Å². The van der Waals surface area contributed by atoms with Crippen molar-refractivity contribution in [3.8, 4) is 0 Å². The highest BCUT2D eigenvalue weighted by atomic mass is 79.9. The van der Waals surface area contributed by atoms with Crippen LogP contribution in [0.5, 0.6) is 0 Å². The predicted molar refractivity (Wildman–Crippen MR) is 95.1 cm³/mol. The van der Waals surface area contributed by atoms with E-state index in [-0.39, 0.29) is 17.6 Å². The second kappa shape index (κ2) is 7.21. The molecule has 2 heterocycles. The van der Waals surface area contributed by atoms with Gasteiger partial charge in [0, 0.05) is 24.3 Å². The number of carbonyl (C=O) groups is 2. The summed E-state index contributed by atoms with van der Waals surface area (Å²) in [5.74, 6) is 0.404. The number of carbonyl (C=O) groups excluding carboxylic acids is 2. The van der Waals surface area contributed by atoms with Gasteiger partial charge in [-0.25, -0.2) is 0 Å². The highest BCUT2D eigenvalue weighted by Crippen LogP contribution is 2.20. The molecule has 1 N–H and O–H groups in total. The first-order valence-corrected chi connectivity index (χ1v) is 8.78. The summed E-state index contributed by atoms with van der Waals surface area (Å²) in [6.07, 6.45) is 2.20.